The molecule has 1 atom stereocenters. The van der Waals surface area contributed by atoms with E-state index in [1.807, 2.05) is 6.92 Å². The molecule has 1 saturated heterocycles. The maximum atomic E-state index is 11.8. The average Bonchev–Trinajstić information content (AvgIpc) is 2.26. The largest absolute Gasteiger partial charge is 0.377 e. The first-order valence-electron chi connectivity index (χ1n) is 6.22. The molecule has 6 nitrogen and oxygen atoms in total. The van der Waals surface area contributed by atoms with E-state index in [9.17, 15) is 4.21 Å². The minimum Gasteiger partial charge on any atom is -0.377 e. The minimum atomic E-state index is -2.21. The Morgan fingerprint density at radius 3 is 2.84 bits per heavy atom. The summed E-state index contributed by atoms with van der Waals surface area (Å²) >= 11 is 0. The summed E-state index contributed by atoms with van der Waals surface area (Å²) < 4.78 is 21.3. The number of nitrogens with zero attached hydrogens (tertiary/aromatic N) is 4. The van der Waals surface area contributed by atoms with Gasteiger partial charge in [0.1, 0.15) is 11.6 Å². The van der Waals surface area contributed by atoms with Crippen molar-refractivity contribution >= 4 is 21.4 Å². The van der Waals surface area contributed by atoms with Crippen LogP contribution in [-0.4, -0.2) is 52.5 Å². The number of morpholine rings is 1. The Balaban J connectivity index is 2.39. The fourth-order valence-electron chi connectivity index (χ4n) is 2.02. The van der Waals surface area contributed by atoms with E-state index in [1.165, 1.54) is 0 Å². The van der Waals surface area contributed by atoms with Crippen molar-refractivity contribution in [2.24, 2.45) is 4.36 Å². The van der Waals surface area contributed by atoms with Crippen LogP contribution in [0.1, 0.15) is 12.7 Å². The lowest BCUT2D eigenvalue weighted by Gasteiger charge is -2.34. The van der Waals surface area contributed by atoms with Crippen molar-refractivity contribution < 1.29 is 8.95 Å². The number of rotatable bonds is 2. The van der Waals surface area contributed by atoms with Crippen molar-refractivity contribution in [3.63, 3.8) is 0 Å². The van der Waals surface area contributed by atoms with E-state index in [0.717, 1.165) is 12.4 Å². The Kier molecular flexibility index (Phi) is 4.05. The predicted octanol–water partition coefficient (Wildman–Crippen LogP) is 1.37. The summed E-state index contributed by atoms with van der Waals surface area (Å²) in [7, 11) is -2.21. The molecule has 1 aromatic rings. The summed E-state index contributed by atoms with van der Waals surface area (Å²) in [5.41, 5.74) is 0. The summed E-state index contributed by atoms with van der Waals surface area (Å²) in [5.74, 6) is 1.94. The Labute approximate surface area is 114 Å². The van der Waals surface area contributed by atoms with Gasteiger partial charge >= 0.3 is 0 Å². The van der Waals surface area contributed by atoms with Gasteiger partial charge in [-0.05, 0) is 13.8 Å². The van der Waals surface area contributed by atoms with Gasteiger partial charge in [0.15, 0.2) is 5.82 Å². The van der Waals surface area contributed by atoms with Crippen LogP contribution in [0.4, 0.5) is 11.6 Å². The van der Waals surface area contributed by atoms with E-state index in [-0.39, 0.29) is 6.04 Å². The molecule has 0 aliphatic carbocycles. The van der Waals surface area contributed by atoms with Gasteiger partial charge in [0.2, 0.25) is 0 Å². The van der Waals surface area contributed by atoms with E-state index in [4.69, 9.17) is 4.74 Å². The highest BCUT2D eigenvalue weighted by molar-refractivity contribution is 7.92. The third-order valence-corrected chi connectivity index (χ3v) is 3.41. The molecule has 7 heteroatoms. The van der Waals surface area contributed by atoms with Gasteiger partial charge in [-0.1, -0.05) is 0 Å². The van der Waals surface area contributed by atoms with Crippen LogP contribution in [0.5, 0.6) is 0 Å². The third kappa shape index (κ3) is 3.87. The molecule has 0 amide bonds. The average molecular weight is 284 g/mol. The lowest BCUT2D eigenvalue weighted by molar-refractivity contribution is 0.0985. The topological polar surface area (TPSA) is 67.7 Å². The van der Waals surface area contributed by atoms with Crippen LogP contribution >= 0.6 is 0 Å². The molecule has 19 heavy (non-hydrogen) atoms. The standard InChI is InChI=1S/C12H20N4O2S/c1-9-8-18-6-5-16(9)12-7-11(13-10(2)14-12)15-19(3,4)17/h7,9H,5-6,8H2,1-4H3/t9-/m1/s1. The molecule has 2 rings (SSSR count). The van der Waals surface area contributed by atoms with Crippen LogP contribution in [0.2, 0.25) is 0 Å². The number of aryl methyl sites for hydroxylation is 1. The van der Waals surface area contributed by atoms with Crippen LogP contribution in [-0.2, 0) is 14.5 Å². The Bertz CT molecular complexity index is 573. The van der Waals surface area contributed by atoms with Gasteiger partial charge in [0.25, 0.3) is 0 Å². The summed E-state index contributed by atoms with van der Waals surface area (Å²) in [5, 5.41) is 0. The van der Waals surface area contributed by atoms with E-state index in [1.54, 1.807) is 18.6 Å². The number of hydrogen-bond donors (Lipinski definition) is 0. The van der Waals surface area contributed by atoms with Crippen LogP contribution < -0.4 is 4.90 Å². The highest BCUT2D eigenvalue weighted by Crippen LogP contribution is 2.22. The number of hydrogen-bond acceptors (Lipinski definition) is 6. The molecular formula is C12H20N4O2S. The zero-order valence-corrected chi connectivity index (χ0v) is 12.6. The number of anilines is 1. The number of ether oxygens (including phenoxy) is 1. The summed E-state index contributed by atoms with van der Waals surface area (Å²) in [6.45, 7) is 6.09. The van der Waals surface area contributed by atoms with Gasteiger partial charge in [-0.25, -0.2) is 14.2 Å². The molecule has 1 aromatic heterocycles. The van der Waals surface area contributed by atoms with Crippen molar-refractivity contribution in [2.45, 2.75) is 19.9 Å². The highest BCUT2D eigenvalue weighted by atomic mass is 32.2. The lowest BCUT2D eigenvalue weighted by atomic mass is 10.2. The summed E-state index contributed by atoms with van der Waals surface area (Å²) in [4.78, 5) is 10.8. The molecule has 1 fully saturated rings. The van der Waals surface area contributed by atoms with Gasteiger partial charge in [-0.2, -0.15) is 4.36 Å². The Morgan fingerprint density at radius 2 is 2.21 bits per heavy atom. The van der Waals surface area contributed by atoms with E-state index in [0.29, 0.717) is 24.9 Å². The molecule has 0 spiro atoms. The summed E-state index contributed by atoms with van der Waals surface area (Å²) in [6.07, 6.45) is 3.20. The second-order valence-corrected chi connectivity index (χ2v) is 7.57. The zero-order valence-electron chi connectivity index (χ0n) is 11.8. The minimum absolute atomic E-state index is 0.267. The molecule has 0 aromatic carbocycles. The first-order chi connectivity index (χ1) is 8.85. The monoisotopic (exact) mass is 284 g/mol. The molecule has 1 aliphatic rings. The van der Waals surface area contributed by atoms with E-state index in [2.05, 4.69) is 26.2 Å². The van der Waals surface area contributed by atoms with Gasteiger partial charge in [0.05, 0.1) is 19.3 Å². The zero-order chi connectivity index (χ0) is 14.0. The second-order valence-electron chi connectivity index (χ2n) is 5.02. The van der Waals surface area contributed by atoms with Crippen molar-refractivity contribution in [2.75, 3.05) is 37.2 Å². The lowest BCUT2D eigenvalue weighted by Crippen LogP contribution is -2.44. The highest BCUT2D eigenvalue weighted by Gasteiger charge is 2.21. The van der Waals surface area contributed by atoms with Crippen molar-refractivity contribution in [1.29, 1.82) is 0 Å². The van der Waals surface area contributed by atoms with E-state index >= 15 is 0 Å². The molecule has 0 saturated carbocycles. The van der Waals surface area contributed by atoms with Crippen LogP contribution in [0.15, 0.2) is 10.4 Å². The smallest absolute Gasteiger partial charge is 0.167 e. The first-order valence-corrected chi connectivity index (χ1v) is 8.55. The summed E-state index contributed by atoms with van der Waals surface area (Å²) in [6, 6.07) is 2.06. The molecular weight excluding hydrogens is 264 g/mol. The fraction of sp³-hybridized carbons (Fsp3) is 0.667. The first kappa shape index (κ1) is 14.2. The molecule has 1 aliphatic heterocycles. The molecule has 0 radical (unpaired) electrons. The predicted molar refractivity (Wildman–Crippen MR) is 76.5 cm³/mol. The quantitative estimate of drug-likeness (QED) is 0.820. The van der Waals surface area contributed by atoms with Crippen LogP contribution in [0, 0.1) is 6.92 Å². The SMILES string of the molecule is Cc1nc(N=S(C)(C)=O)cc(N2CCOC[C@H]2C)n1. The maximum Gasteiger partial charge on any atom is 0.167 e. The van der Waals surface area contributed by atoms with Gasteiger partial charge in [-0.15, -0.1) is 0 Å². The molecule has 0 bridgehead atoms. The normalized spacial score (nSPS) is 20.4. The molecule has 0 N–H and O–H groups in total. The third-order valence-electron chi connectivity index (χ3n) is 2.79. The van der Waals surface area contributed by atoms with Gasteiger partial charge in [0, 0.05) is 34.9 Å². The van der Waals surface area contributed by atoms with Crippen molar-refractivity contribution in [3.8, 4) is 0 Å². The second kappa shape index (κ2) is 5.42. The molecule has 106 valence electrons. The molecule has 2 heterocycles. The Morgan fingerprint density at radius 1 is 1.47 bits per heavy atom. The van der Waals surface area contributed by atoms with Crippen molar-refractivity contribution in [1.82, 2.24) is 9.97 Å². The molecule has 0 unspecified atom stereocenters. The Hall–Kier alpha value is -1.21. The van der Waals surface area contributed by atoms with Gasteiger partial charge in [-0.3, -0.25) is 0 Å². The fourth-order valence-corrected chi connectivity index (χ4v) is 2.57. The number of aromatic nitrogens is 2. The van der Waals surface area contributed by atoms with Crippen molar-refractivity contribution in [3.05, 3.63) is 11.9 Å². The maximum absolute atomic E-state index is 11.8. The van der Waals surface area contributed by atoms with Crippen LogP contribution in [0.3, 0.4) is 0 Å². The van der Waals surface area contributed by atoms with E-state index < -0.39 is 9.73 Å². The van der Waals surface area contributed by atoms with Gasteiger partial charge < -0.3 is 9.64 Å². The van der Waals surface area contributed by atoms with Crippen LogP contribution in [0.25, 0.3) is 0 Å².